The fourth-order valence-corrected chi connectivity index (χ4v) is 2.78. The monoisotopic (exact) mass is 198 g/mol. The highest BCUT2D eigenvalue weighted by molar-refractivity contribution is 4.83. The first-order valence-corrected chi connectivity index (χ1v) is 5.97. The van der Waals surface area contributed by atoms with E-state index in [0.29, 0.717) is 6.61 Å². The minimum atomic E-state index is 0.312. The molecular weight excluding hydrogens is 176 g/mol. The molecule has 2 aliphatic heterocycles. The van der Waals surface area contributed by atoms with Crippen LogP contribution in [0.4, 0.5) is 0 Å². The van der Waals surface area contributed by atoms with Crippen LogP contribution in [-0.4, -0.2) is 60.3 Å². The fraction of sp³-hybridized carbons (Fsp3) is 1.00. The predicted octanol–water partition coefficient (Wildman–Crippen LogP) is 0.539. The minimum Gasteiger partial charge on any atom is -0.395 e. The molecule has 14 heavy (non-hydrogen) atoms. The summed E-state index contributed by atoms with van der Waals surface area (Å²) >= 11 is 0. The molecule has 0 aromatic carbocycles. The summed E-state index contributed by atoms with van der Waals surface area (Å²) in [6, 6.07) is 0.776. The maximum absolute atomic E-state index is 8.91. The lowest BCUT2D eigenvalue weighted by Gasteiger charge is -2.37. The van der Waals surface area contributed by atoms with Gasteiger partial charge >= 0.3 is 0 Å². The topological polar surface area (TPSA) is 26.7 Å². The Hall–Kier alpha value is -0.120. The Bertz CT molecular complexity index is 167. The number of rotatable bonds is 3. The first-order chi connectivity index (χ1) is 6.90. The van der Waals surface area contributed by atoms with Crippen molar-refractivity contribution in [3.05, 3.63) is 0 Å². The van der Waals surface area contributed by atoms with Gasteiger partial charge in [0.25, 0.3) is 0 Å². The van der Waals surface area contributed by atoms with Gasteiger partial charge in [0, 0.05) is 19.1 Å². The lowest BCUT2D eigenvalue weighted by atomic mass is 10.0. The predicted molar refractivity (Wildman–Crippen MR) is 57.4 cm³/mol. The molecule has 2 fully saturated rings. The van der Waals surface area contributed by atoms with E-state index in [9.17, 15) is 0 Å². The maximum atomic E-state index is 8.91. The van der Waals surface area contributed by atoms with Crippen molar-refractivity contribution in [1.29, 1.82) is 0 Å². The molecule has 82 valence electrons. The number of hydrogen-bond acceptors (Lipinski definition) is 3. The molecular formula is C11H22N2O. The molecule has 0 aliphatic carbocycles. The summed E-state index contributed by atoms with van der Waals surface area (Å²) in [5.41, 5.74) is 0. The van der Waals surface area contributed by atoms with Crippen LogP contribution in [0.25, 0.3) is 0 Å². The van der Waals surface area contributed by atoms with Gasteiger partial charge in [-0.15, -0.1) is 0 Å². The van der Waals surface area contributed by atoms with E-state index in [1.807, 2.05) is 0 Å². The lowest BCUT2D eigenvalue weighted by Crippen LogP contribution is -2.47. The Morgan fingerprint density at radius 2 is 1.86 bits per heavy atom. The maximum Gasteiger partial charge on any atom is 0.0558 e. The van der Waals surface area contributed by atoms with Crippen LogP contribution in [0, 0.1) is 0 Å². The zero-order valence-electron chi connectivity index (χ0n) is 8.99. The molecule has 1 N–H and O–H groups in total. The molecule has 2 saturated heterocycles. The Kier molecular flexibility index (Phi) is 3.79. The van der Waals surface area contributed by atoms with Gasteiger partial charge in [-0.1, -0.05) is 0 Å². The summed E-state index contributed by atoms with van der Waals surface area (Å²) in [5.74, 6) is 0. The average molecular weight is 198 g/mol. The molecule has 3 nitrogen and oxygen atoms in total. The Labute approximate surface area is 86.7 Å². The van der Waals surface area contributed by atoms with Crippen LogP contribution in [0.5, 0.6) is 0 Å². The lowest BCUT2D eigenvalue weighted by molar-refractivity contribution is 0.0993. The number of β-amino-alcohol motifs (C(OH)–C–C–N with tert-alkyl or cyclic N) is 1. The van der Waals surface area contributed by atoms with Crippen molar-refractivity contribution >= 4 is 0 Å². The average Bonchev–Trinajstić information content (AvgIpc) is 2.71. The summed E-state index contributed by atoms with van der Waals surface area (Å²) < 4.78 is 0. The van der Waals surface area contributed by atoms with Gasteiger partial charge in [0.2, 0.25) is 0 Å². The molecule has 0 amide bonds. The molecule has 0 saturated carbocycles. The van der Waals surface area contributed by atoms with E-state index in [1.54, 1.807) is 0 Å². The molecule has 0 radical (unpaired) electrons. The minimum absolute atomic E-state index is 0.312. The van der Waals surface area contributed by atoms with Crippen molar-refractivity contribution < 1.29 is 5.11 Å². The van der Waals surface area contributed by atoms with Gasteiger partial charge in [0.15, 0.2) is 0 Å². The van der Waals surface area contributed by atoms with Crippen molar-refractivity contribution in [2.75, 3.05) is 39.3 Å². The Balaban J connectivity index is 1.80. The summed E-state index contributed by atoms with van der Waals surface area (Å²) in [6.07, 6.45) is 5.44. The quantitative estimate of drug-likeness (QED) is 0.717. The molecule has 3 heteroatoms. The van der Waals surface area contributed by atoms with Crippen LogP contribution >= 0.6 is 0 Å². The third-order valence-electron chi connectivity index (χ3n) is 3.55. The van der Waals surface area contributed by atoms with Crippen LogP contribution in [0.3, 0.4) is 0 Å². The number of hydrogen-bond donors (Lipinski definition) is 1. The van der Waals surface area contributed by atoms with Crippen LogP contribution in [-0.2, 0) is 0 Å². The highest BCUT2D eigenvalue weighted by atomic mass is 16.3. The highest BCUT2D eigenvalue weighted by Crippen LogP contribution is 2.19. The molecule has 2 rings (SSSR count). The van der Waals surface area contributed by atoms with Gasteiger partial charge in [0.1, 0.15) is 0 Å². The number of aliphatic hydroxyl groups excluding tert-OH is 1. The smallest absolute Gasteiger partial charge is 0.0558 e. The normalized spacial score (nSPS) is 31.1. The Morgan fingerprint density at radius 3 is 2.57 bits per heavy atom. The fourth-order valence-electron chi connectivity index (χ4n) is 2.78. The number of piperidine rings is 1. The van der Waals surface area contributed by atoms with E-state index in [-0.39, 0.29) is 0 Å². The van der Waals surface area contributed by atoms with Crippen molar-refractivity contribution in [2.45, 2.75) is 31.7 Å². The molecule has 2 aliphatic rings. The Morgan fingerprint density at radius 1 is 1.07 bits per heavy atom. The van der Waals surface area contributed by atoms with Gasteiger partial charge in [0.05, 0.1) is 6.61 Å². The second kappa shape index (κ2) is 5.10. The second-order valence-electron chi connectivity index (χ2n) is 4.56. The first kappa shape index (κ1) is 10.4. The molecule has 0 aromatic heterocycles. The van der Waals surface area contributed by atoms with Crippen LogP contribution in [0.1, 0.15) is 25.7 Å². The van der Waals surface area contributed by atoms with E-state index in [0.717, 1.165) is 12.6 Å². The van der Waals surface area contributed by atoms with Crippen LogP contribution in [0.2, 0.25) is 0 Å². The second-order valence-corrected chi connectivity index (χ2v) is 4.56. The van der Waals surface area contributed by atoms with Gasteiger partial charge in [-0.05, 0) is 45.3 Å². The highest BCUT2D eigenvalue weighted by Gasteiger charge is 2.26. The summed E-state index contributed by atoms with van der Waals surface area (Å²) in [4.78, 5) is 5.05. The standard InChI is InChI=1S/C11H22N2O/c14-9-8-12-5-3-4-11(10-12)13-6-1-2-7-13/h11,14H,1-10H2. The molecule has 0 aromatic rings. The number of likely N-dealkylation sites (tertiary alicyclic amines) is 2. The van der Waals surface area contributed by atoms with Gasteiger partial charge in [-0.25, -0.2) is 0 Å². The number of aliphatic hydroxyl groups is 1. The van der Waals surface area contributed by atoms with Crippen molar-refractivity contribution in [1.82, 2.24) is 9.80 Å². The van der Waals surface area contributed by atoms with Crippen LogP contribution in [0.15, 0.2) is 0 Å². The summed E-state index contributed by atoms with van der Waals surface area (Å²) in [5, 5.41) is 8.91. The zero-order valence-corrected chi connectivity index (χ0v) is 8.99. The van der Waals surface area contributed by atoms with E-state index in [4.69, 9.17) is 5.11 Å². The van der Waals surface area contributed by atoms with Crippen molar-refractivity contribution in [3.63, 3.8) is 0 Å². The van der Waals surface area contributed by atoms with E-state index >= 15 is 0 Å². The van der Waals surface area contributed by atoms with E-state index in [2.05, 4.69) is 9.80 Å². The van der Waals surface area contributed by atoms with Crippen molar-refractivity contribution in [2.24, 2.45) is 0 Å². The molecule has 2 heterocycles. The van der Waals surface area contributed by atoms with Gasteiger partial charge in [-0.2, -0.15) is 0 Å². The number of nitrogens with zero attached hydrogens (tertiary/aromatic N) is 2. The van der Waals surface area contributed by atoms with E-state index in [1.165, 1.54) is 51.9 Å². The molecule has 1 unspecified atom stereocenters. The molecule has 0 bridgehead atoms. The first-order valence-electron chi connectivity index (χ1n) is 5.97. The summed E-state index contributed by atoms with van der Waals surface area (Å²) in [6.45, 7) is 6.15. The third kappa shape index (κ3) is 2.47. The van der Waals surface area contributed by atoms with Crippen molar-refractivity contribution in [3.8, 4) is 0 Å². The largest absolute Gasteiger partial charge is 0.395 e. The zero-order chi connectivity index (χ0) is 9.80. The van der Waals surface area contributed by atoms with E-state index < -0.39 is 0 Å². The molecule has 0 spiro atoms. The van der Waals surface area contributed by atoms with Gasteiger partial charge in [-0.3, -0.25) is 9.80 Å². The summed E-state index contributed by atoms with van der Waals surface area (Å²) in [7, 11) is 0. The van der Waals surface area contributed by atoms with Crippen LogP contribution < -0.4 is 0 Å². The SMILES string of the molecule is OCCN1CCCC(N2CCCC2)C1. The van der Waals surface area contributed by atoms with Gasteiger partial charge < -0.3 is 5.11 Å². The third-order valence-corrected chi connectivity index (χ3v) is 3.55. The molecule has 1 atom stereocenters.